The van der Waals surface area contributed by atoms with Gasteiger partial charge in [0.15, 0.2) is 5.75 Å². The van der Waals surface area contributed by atoms with Crippen LogP contribution in [0.3, 0.4) is 0 Å². The van der Waals surface area contributed by atoms with Gasteiger partial charge in [-0.3, -0.25) is 4.79 Å². The van der Waals surface area contributed by atoms with E-state index in [1.807, 2.05) is 0 Å². The maximum Gasteiger partial charge on any atom is 0.320 e. The molecule has 0 heterocycles. The van der Waals surface area contributed by atoms with E-state index in [1.165, 1.54) is 0 Å². The first-order valence-corrected chi connectivity index (χ1v) is 7.94. The van der Waals surface area contributed by atoms with Gasteiger partial charge in [-0.15, -0.1) is 0 Å². The lowest BCUT2D eigenvalue weighted by atomic mass is 9.69. The van der Waals surface area contributed by atoms with Crippen LogP contribution in [-0.4, -0.2) is 31.3 Å². The Morgan fingerprint density at radius 3 is 2.44 bits per heavy atom. The summed E-state index contributed by atoms with van der Waals surface area (Å²) in [5.41, 5.74) is -0.127. The van der Waals surface area contributed by atoms with Crippen molar-refractivity contribution >= 4 is 16.0 Å². The van der Waals surface area contributed by atoms with E-state index in [4.69, 9.17) is 5.11 Å². The van der Waals surface area contributed by atoms with Crippen molar-refractivity contribution in [3.63, 3.8) is 0 Å². The molecule has 0 spiro atoms. The lowest BCUT2D eigenvalue weighted by molar-refractivity contribution is -0.134. The number of hydrogen-bond acceptors (Lipinski definition) is 3. The molecule has 2 N–H and O–H groups in total. The molecule has 2 fully saturated rings. The van der Waals surface area contributed by atoms with Crippen molar-refractivity contribution in [2.24, 2.45) is 16.7 Å². The van der Waals surface area contributed by atoms with Gasteiger partial charge in [0.05, 0.1) is 0 Å². The molecule has 0 aromatic carbocycles. The summed E-state index contributed by atoms with van der Waals surface area (Å²) in [6, 6.07) is -0.159. The molecule has 2 saturated carbocycles. The predicted octanol–water partition coefficient (Wildman–Crippen LogP) is 1.21. The van der Waals surface area contributed by atoms with E-state index < -0.39 is 21.7 Å². The van der Waals surface area contributed by atoms with Crippen molar-refractivity contribution in [2.75, 3.05) is 5.75 Å². The summed E-state index contributed by atoms with van der Waals surface area (Å²) in [5, 5.41) is 8.63. The predicted molar refractivity (Wildman–Crippen MR) is 67.6 cm³/mol. The van der Waals surface area contributed by atoms with Gasteiger partial charge < -0.3 is 5.11 Å². The number of sulfonamides is 1. The minimum absolute atomic E-state index is 0.0280. The number of aliphatic carboxylic acids is 1. The van der Waals surface area contributed by atoms with Crippen molar-refractivity contribution < 1.29 is 18.3 Å². The Bertz CT molecular complexity index is 466. The van der Waals surface area contributed by atoms with E-state index in [9.17, 15) is 13.2 Å². The zero-order chi connectivity index (χ0) is 13.8. The number of nitrogens with one attached hydrogen (secondary N) is 1. The molecule has 2 bridgehead atoms. The summed E-state index contributed by atoms with van der Waals surface area (Å²) >= 11 is 0. The maximum absolute atomic E-state index is 11.8. The van der Waals surface area contributed by atoms with Crippen LogP contribution in [0.1, 0.15) is 40.0 Å². The van der Waals surface area contributed by atoms with E-state index >= 15 is 0 Å². The van der Waals surface area contributed by atoms with E-state index in [0.717, 1.165) is 19.3 Å². The van der Waals surface area contributed by atoms with Gasteiger partial charge in [0.2, 0.25) is 10.0 Å². The Labute approximate surface area is 108 Å². The average Bonchev–Trinajstić information content (AvgIpc) is 2.62. The molecule has 3 atom stereocenters. The van der Waals surface area contributed by atoms with Gasteiger partial charge in [0.25, 0.3) is 0 Å². The second-order valence-corrected chi connectivity index (χ2v) is 8.37. The molecule has 3 unspecified atom stereocenters. The minimum Gasteiger partial charge on any atom is -0.480 e. The van der Waals surface area contributed by atoms with Crippen LogP contribution in [0, 0.1) is 16.7 Å². The van der Waals surface area contributed by atoms with Crippen LogP contribution in [0.25, 0.3) is 0 Å². The van der Waals surface area contributed by atoms with E-state index in [2.05, 4.69) is 25.5 Å². The standard InChI is InChI=1S/C12H21NO4S/c1-11(2)8-4-5-12(3,6-8)10(11)13-18(16,17)7-9(14)15/h8,10,13H,4-7H2,1-3H3,(H,14,15). The summed E-state index contributed by atoms with van der Waals surface area (Å²) in [7, 11) is -3.75. The smallest absolute Gasteiger partial charge is 0.320 e. The number of rotatable bonds is 4. The number of fused-ring (bicyclic) bond motifs is 2. The molecule has 0 aromatic rings. The monoisotopic (exact) mass is 275 g/mol. The number of hydrogen-bond donors (Lipinski definition) is 2. The van der Waals surface area contributed by atoms with Gasteiger partial charge in [-0.25, -0.2) is 13.1 Å². The second kappa shape index (κ2) is 3.93. The Hall–Kier alpha value is -0.620. The van der Waals surface area contributed by atoms with Crippen LogP contribution in [0.5, 0.6) is 0 Å². The lowest BCUT2D eigenvalue weighted by Gasteiger charge is -2.42. The molecule has 2 aliphatic rings. The highest BCUT2D eigenvalue weighted by Crippen LogP contribution is 2.62. The van der Waals surface area contributed by atoms with Crippen molar-refractivity contribution in [1.82, 2.24) is 4.72 Å². The van der Waals surface area contributed by atoms with Gasteiger partial charge in [0, 0.05) is 6.04 Å². The normalized spacial score (nSPS) is 37.9. The van der Waals surface area contributed by atoms with Crippen LogP contribution < -0.4 is 4.72 Å². The molecule has 2 aliphatic carbocycles. The largest absolute Gasteiger partial charge is 0.480 e. The topological polar surface area (TPSA) is 83.5 Å². The van der Waals surface area contributed by atoms with Crippen molar-refractivity contribution in [3.05, 3.63) is 0 Å². The quantitative estimate of drug-likeness (QED) is 0.807. The first-order chi connectivity index (χ1) is 8.07. The molecule has 0 radical (unpaired) electrons. The highest BCUT2D eigenvalue weighted by molar-refractivity contribution is 7.90. The molecule has 18 heavy (non-hydrogen) atoms. The summed E-state index contributed by atoms with van der Waals surface area (Å²) in [5.74, 6) is -1.63. The molecule has 0 aliphatic heterocycles. The third-order valence-electron chi connectivity index (χ3n) is 4.88. The van der Waals surface area contributed by atoms with Gasteiger partial charge in [-0.05, 0) is 36.0 Å². The Kier molecular flexibility index (Phi) is 3.02. The van der Waals surface area contributed by atoms with E-state index in [1.54, 1.807) is 0 Å². The summed E-state index contributed by atoms with van der Waals surface area (Å²) in [4.78, 5) is 10.6. The molecule has 2 rings (SSSR count). The highest BCUT2D eigenvalue weighted by Gasteiger charge is 2.60. The van der Waals surface area contributed by atoms with Crippen LogP contribution >= 0.6 is 0 Å². The summed E-state index contributed by atoms with van der Waals surface area (Å²) in [6.07, 6.45) is 3.18. The molecule has 104 valence electrons. The second-order valence-electron chi connectivity index (χ2n) is 6.62. The Balaban J connectivity index is 2.21. The molecule has 6 heteroatoms. The average molecular weight is 275 g/mol. The van der Waals surface area contributed by atoms with Crippen molar-refractivity contribution in [2.45, 2.75) is 46.1 Å². The first-order valence-electron chi connectivity index (χ1n) is 6.29. The number of carbonyl (C=O) groups is 1. The molecular weight excluding hydrogens is 254 g/mol. The van der Waals surface area contributed by atoms with Gasteiger partial charge in [-0.1, -0.05) is 20.8 Å². The lowest BCUT2D eigenvalue weighted by Crippen LogP contribution is -2.53. The van der Waals surface area contributed by atoms with Crippen molar-refractivity contribution in [1.29, 1.82) is 0 Å². The molecule has 0 amide bonds. The zero-order valence-corrected chi connectivity index (χ0v) is 11.9. The van der Waals surface area contributed by atoms with Crippen LogP contribution in [0.4, 0.5) is 0 Å². The van der Waals surface area contributed by atoms with Gasteiger partial charge >= 0.3 is 5.97 Å². The van der Waals surface area contributed by atoms with Gasteiger partial charge in [0.1, 0.15) is 0 Å². The van der Waals surface area contributed by atoms with Crippen LogP contribution in [0.15, 0.2) is 0 Å². The molecule has 0 saturated heterocycles. The fourth-order valence-corrected chi connectivity index (χ4v) is 5.34. The Morgan fingerprint density at radius 2 is 2.00 bits per heavy atom. The Morgan fingerprint density at radius 1 is 1.39 bits per heavy atom. The van der Waals surface area contributed by atoms with E-state index in [-0.39, 0.29) is 16.9 Å². The van der Waals surface area contributed by atoms with Gasteiger partial charge in [-0.2, -0.15) is 0 Å². The zero-order valence-electron chi connectivity index (χ0n) is 11.1. The number of carboxylic acids is 1. The van der Waals surface area contributed by atoms with Crippen LogP contribution in [0.2, 0.25) is 0 Å². The minimum atomic E-state index is -3.75. The van der Waals surface area contributed by atoms with E-state index in [0.29, 0.717) is 5.92 Å². The summed E-state index contributed by atoms with van der Waals surface area (Å²) in [6.45, 7) is 6.27. The molecule has 5 nitrogen and oxygen atoms in total. The molecular formula is C12H21NO4S. The fourth-order valence-electron chi connectivity index (χ4n) is 3.98. The van der Waals surface area contributed by atoms with Crippen LogP contribution in [-0.2, 0) is 14.8 Å². The highest BCUT2D eigenvalue weighted by atomic mass is 32.2. The summed E-state index contributed by atoms with van der Waals surface area (Å²) < 4.78 is 26.3. The first kappa shape index (κ1) is 13.8. The third-order valence-corrected chi connectivity index (χ3v) is 6.10. The third kappa shape index (κ3) is 2.16. The fraction of sp³-hybridized carbons (Fsp3) is 0.917. The van der Waals surface area contributed by atoms with Crippen molar-refractivity contribution in [3.8, 4) is 0 Å². The maximum atomic E-state index is 11.8. The number of carboxylic acid groups (broad SMARTS) is 1. The SMILES string of the molecule is CC12CCC(C1)C(C)(C)C2NS(=O)(=O)CC(=O)O. The molecule has 0 aromatic heterocycles.